The number of Topliss-reactive ketones (excluding diaryl/α,β-unsaturated/α-hetero) is 1. The topological polar surface area (TPSA) is 55.4 Å². The number of dihydropyridines is 1. The van der Waals surface area contributed by atoms with E-state index in [1.807, 2.05) is 13.8 Å². The summed E-state index contributed by atoms with van der Waals surface area (Å²) >= 11 is 0. The van der Waals surface area contributed by atoms with E-state index in [2.05, 4.69) is 5.32 Å². The molecule has 0 spiro atoms. The summed E-state index contributed by atoms with van der Waals surface area (Å²) in [7, 11) is 1.22. The van der Waals surface area contributed by atoms with E-state index in [-0.39, 0.29) is 16.9 Å². The molecule has 138 valence electrons. The van der Waals surface area contributed by atoms with E-state index in [4.69, 9.17) is 4.74 Å². The smallest absolute Gasteiger partial charge is 0.336 e. The average molecular weight is 361 g/mol. The molecule has 0 radical (unpaired) electrons. The number of halogens is 2. The number of methoxy groups -OCH3 is 1. The number of carbonyl (C=O) groups excluding carboxylic acids is 2. The van der Waals surface area contributed by atoms with Crippen LogP contribution in [0, 0.1) is 17.0 Å². The van der Waals surface area contributed by atoms with Gasteiger partial charge >= 0.3 is 5.97 Å². The van der Waals surface area contributed by atoms with Gasteiger partial charge in [0.1, 0.15) is 11.6 Å². The number of carbonyl (C=O) groups is 2. The second-order valence-electron chi connectivity index (χ2n) is 7.36. The lowest BCUT2D eigenvalue weighted by atomic mass is 9.67. The number of allylic oxidation sites excluding steroid dienone is 3. The van der Waals surface area contributed by atoms with Crippen LogP contribution < -0.4 is 5.32 Å². The summed E-state index contributed by atoms with van der Waals surface area (Å²) in [4.78, 5) is 25.6. The molecule has 4 nitrogen and oxygen atoms in total. The van der Waals surface area contributed by atoms with Crippen LogP contribution in [-0.4, -0.2) is 18.9 Å². The predicted molar refractivity (Wildman–Crippen MR) is 92.0 cm³/mol. The van der Waals surface area contributed by atoms with Crippen molar-refractivity contribution < 1.29 is 23.1 Å². The first-order chi connectivity index (χ1) is 12.2. The summed E-state index contributed by atoms with van der Waals surface area (Å²) in [5.41, 5.74) is 0.906. The van der Waals surface area contributed by atoms with E-state index in [9.17, 15) is 18.4 Å². The highest BCUT2D eigenvalue weighted by Crippen LogP contribution is 2.47. The van der Waals surface area contributed by atoms with E-state index in [0.717, 1.165) is 18.2 Å². The zero-order valence-electron chi connectivity index (χ0n) is 15.2. The van der Waals surface area contributed by atoms with Crippen LogP contribution in [0.15, 0.2) is 40.7 Å². The highest BCUT2D eigenvalue weighted by Gasteiger charge is 2.45. The molecule has 2 aliphatic rings. The van der Waals surface area contributed by atoms with E-state index >= 15 is 0 Å². The summed E-state index contributed by atoms with van der Waals surface area (Å²) in [6, 6.07) is 3.06. The third-order valence-corrected chi connectivity index (χ3v) is 5.18. The first-order valence-electron chi connectivity index (χ1n) is 8.46. The number of esters is 1. The zero-order chi connectivity index (χ0) is 19.2. The van der Waals surface area contributed by atoms with Gasteiger partial charge in [0.2, 0.25) is 0 Å². The van der Waals surface area contributed by atoms with Crippen LogP contribution in [0.1, 0.15) is 45.1 Å². The van der Waals surface area contributed by atoms with Gasteiger partial charge in [0, 0.05) is 27.9 Å². The molecule has 1 heterocycles. The largest absolute Gasteiger partial charge is 0.466 e. The van der Waals surface area contributed by atoms with E-state index < -0.39 is 28.9 Å². The van der Waals surface area contributed by atoms with Crippen LogP contribution in [0.4, 0.5) is 8.78 Å². The molecule has 1 N–H and O–H groups in total. The van der Waals surface area contributed by atoms with Crippen molar-refractivity contribution in [2.24, 2.45) is 5.41 Å². The Morgan fingerprint density at radius 2 is 2.00 bits per heavy atom. The first kappa shape index (κ1) is 18.3. The molecule has 1 aliphatic carbocycles. The number of rotatable bonds is 2. The van der Waals surface area contributed by atoms with Crippen LogP contribution in [0.25, 0.3) is 0 Å². The maximum absolute atomic E-state index is 14.6. The highest BCUT2D eigenvalue weighted by molar-refractivity contribution is 6.06. The molecule has 6 heteroatoms. The van der Waals surface area contributed by atoms with E-state index in [1.165, 1.54) is 7.11 Å². The second kappa shape index (κ2) is 6.34. The lowest BCUT2D eigenvalue weighted by Gasteiger charge is -2.39. The van der Waals surface area contributed by atoms with Crippen LogP contribution in [0.3, 0.4) is 0 Å². The Hall–Kier alpha value is -2.50. The quantitative estimate of drug-likeness (QED) is 0.816. The minimum atomic E-state index is -0.999. The van der Waals surface area contributed by atoms with E-state index in [1.54, 1.807) is 6.92 Å². The van der Waals surface area contributed by atoms with Crippen LogP contribution in [0.5, 0.6) is 0 Å². The molecule has 0 amide bonds. The van der Waals surface area contributed by atoms with Crippen molar-refractivity contribution in [1.82, 2.24) is 5.32 Å². The fourth-order valence-corrected chi connectivity index (χ4v) is 3.70. The SMILES string of the molecule is COC(=O)C1=C(C)NC2=C(C(=O)C(C)(C)CC2)C1c1cc(F)ccc1F. The first-order valence-corrected chi connectivity index (χ1v) is 8.46. The molecule has 0 saturated carbocycles. The molecule has 1 aliphatic heterocycles. The normalized spacial score (nSPS) is 22.1. The Morgan fingerprint density at radius 1 is 1.31 bits per heavy atom. The minimum absolute atomic E-state index is 0.0372. The van der Waals surface area contributed by atoms with Gasteiger partial charge in [0.05, 0.1) is 18.6 Å². The average Bonchev–Trinajstić information content (AvgIpc) is 2.59. The van der Waals surface area contributed by atoms with Gasteiger partial charge in [-0.3, -0.25) is 4.79 Å². The van der Waals surface area contributed by atoms with Crippen LogP contribution in [-0.2, 0) is 14.3 Å². The molecule has 0 saturated heterocycles. The van der Waals surface area contributed by atoms with Gasteiger partial charge < -0.3 is 10.1 Å². The number of hydrogen-bond acceptors (Lipinski definition) is 4. The number of nitrogens with one attached hydrogen (secondary N) is 1. The third-order valence-electron chi connectivity index (χ3n) is 5.18. The van der Waals surface area contributed by atoms with Gasteiger partial charge in [0.25, 0.3) is 0 Å². The Morgan fingerprint density at radius 3 is 2.65 bits per heavy atom. The molecular formula is C20H21F2NO3. The molecule has 1 aromatic carbocycles. The predicted octanol–water partition coefficient (Wildman–Crippen LogP) is 3.74. The molecule has 1 unspecified atom stereocenters. The number of hydrogen-bond donors (Lipinski definition) is 1. The van der Waals surface area contributed by atoms with Gasteiger partial charge in [0.15, 0.2) is 5.78 Å². The fourth-order valence-electron chi connectivity index (χ4n) is 3.70. The second-order valence-corrected chi connectivity index (χ2v) is 7.36. The lowest BCUT2D eigenvalue weighted by Crippen LogP contribution is -2.40. The minimum Gasteiger partial charge on any atom is -0.466 e. The van der Waals surface area contributed by atoms with Crippen molar-refractivity contribution in [3.8, 4) is 0 Å². The lowest BCUT2D eigenvalue weighted by molar-refractivity contribution is -0.136. The van der Waals surface area contributed by atoms with Crippen molar-refractivity contribution in [2.45, 2.75) is 39.5 Å². The Balaban J connectivity index is 2.28. The molecule has 26 heavy (non-hydrogen) atoms. The Labute approximate surface area is 150 Å². The number of benzene rings is 1. The van der Waals surface area contributed by atoms with Crippen molar-refractivity contribution in [1.29, 1.82) is 0 Å². The third kappa shape index (κ3) is 2.83. The molecular weight excluding hydrogens is 340 g/mol. The van der Waals surface area contributed by atoms with Crippen molar-refractivity contribution in [3.05, 3.63) is 57.9 Å². The van der Waals surface area contributed by atoms with Gasteiger partial charge in [-0.25, -0.2) is 13.6 Å². The van der Waals surface area contributed by atoms with Crippen LogP contribution >= 0.6 is 0 Å². The van der Waals surface area contributed by atoms with Crippen molar-refractivity contribution in [3.63, 3.8) is 0 Å². The van der Waals surface area contributed by atoms with Gasteiger partial charge in [-0.15, -0.1) is 0 Å². The standard InChI is InChI=1S/C20H21F2NO3/c1-10-15(19(25)26-4)16(12-9-11(21)5-6-13(12)22)17-14(23-10)7-8-20(2,3)18(17)24/h5-6,9,16,23H,7-8H2,1-4H3. The summed E-state index contributed by atoms with van der Waals surface area (Å²) in [6.07, 6.45) is 1.23. The summed E-state index contributed by atoms with van der Waals surface area (Å²) in [5.74, 6) is -3.15. The summed E-state index contributed by atoms with van der Waals surface area (Å²) in [6.45, 7) is 5.31. The van der Waals surface area contributed by atoms with Gasteiger partial charge in [-0.1, -0.05) is 13.8 Å². The fraction of sp³-hybridized carbons (Fsp3) is 0.400. The Kier molecular flexibility index (Phi) is 4.46. The molecule has 0 aromatic heterocycles. The number of ether oxygens (including phenoxy) is 1. The van der Waals surface area contributed by atoms with Crippen molar-refractivity contribution in [2.75, 3.05) is 7.11 Å². The molecule has 1 aromatic rings. The summed E-state index contributed by atoms with van der Waals surface area (Å²) in [5, 5.41) is 3.11. The Bertz CT molecular complexity index is 868. The molecule has 0 bridgehead atoms. The molecule has 3 rings (SSSR count). The molecule has 0 fully saturated rings. The van der Waals surface area contributed by atoms with Crippen LogP contribution in [0.2, 0.25) is 0 Å². The van der Waals surface area contributed by atoms with Crippen molar-refractivity contribution >= 4 is 11.8 Å². The van der Waals surface area contributed by atoms with Gasteiger partial charge in [-0.05, 0) is 38.0 Å². The van der Waals surface area contributed by atoms with Gasteiger partial charge in [-0.2, -0.15) is 0 Å². The maximum atomic E-state index is 14.6. The summed E-state index contributed by atoms with van der Waals surface area (Å²) < 4.78 is 33.3. The highest BCUT2D eigenvalue weighted by atomic mass is 19.1. The number of ketones is 1. The maximum Gasteiger partial charge on any atom is 0.336 e. The molecule has 1 atom stereocenters. The zero-order valence-corrected chi connectivity index (χ0v) is 15.2. The monoisotopic (exact) mass is 361 g/mol. The van der Waals surface area contributed by atoms with E-state index in [0.29, 0.717) is 29.8 Å².